The molecule has 23 heavy (non-hydrogen) atoms. The second-order valence-electron chi connectivity index (χ2n) is 4.31. The Balaban J connectivity index is 2.31. The van der Waals surface area contributed by atoms with Gasteiger partial charge in [-0.1, -0.05) is 17.7 Å². The fourth-order valence-corrected chi connectivity index (χ4v) is 1.99. The first-order valence-electron chi connectivity index (χ1n) is 6.03. The summed E-state index contributed by atoms with van der Waals surface area (Å²) in [6.45, 7) is 0. The van der Waals surface area contributed by atoms with E-state index in [1.165, 1.54) is 18.2 Å². The Hall–Kier alpha value is -3.20. The maximum atomic E-state index is 12.1. The van der Waals surface area contributed by atoms with Gasteiger partial charge in [0.25, 0.3) is 11.6 Å². The van der Waals surface area contributed by atoms with Crippen LogP contribution in [-0.4, -0.2) is 20.9 Å². The number of amides is 1. The number of nitro groups is 2. The average Bonchev–Trinajstić information content (AvgIpc) is 2.48. The van der Waals surface area contributed by atoms with Crippen molar-refractivity contribution in [1.82, 2.24) is 0 Å². The minimum atomic E-state index is -0.845. The molecule has 118 valence electrons. The number of phenolic OH excluding ortho intramolecular Hbond substituents is 1. The zero-order valence-corrected chi connectivity index (χ0v) is 12.0. The first kappa shape index (κ1) is 16.2. The number of nitro benzene ring substituents is 2. The van der Waals surface area contributed by atoms with E-state index in [-0.39, 0.29) is 22.0 Å². The van der Waals surface area contributed by atoms with Crippen molar-refractivity contribution < 1.29 is 19.7 Å². The highest BCUT2D eigenvalue weighted by Crippen LogP contribution is 2.31. The lowest BCUT2D eigenvalue weighted by Crippen LogP contribution is -2.13. The third-order valence-electron chi connectivity index (χ3n) is 2.87. The molecule has 1 amide bonds. The van der Waals surface area contributed by atoms with Gasteiger partial charge in [0.2, 0.25) is 5.75 Å². The molecule has 0 heterocycles. The average molecular weight is 338 g/mol. The minimum Gasteiger partial charge on any atom is -0.502 e. The molecule has 0 atom stereocenters. The van der Waals surface area contributed by atoms with Gasteiger partial charge in [-0.3, -0.25) is 25.0 Å². The first-order valence-corrected chi connectivity index (χ1v) is 6.40. The minimum absolute atomic E-state index is 0.0631. The Morgan fingerprint density at radius 2 is 1.83 bits per heavy atom. The van der Waals surface area contributed by atoms with E-state index in [2.05, 4.69) is 5.32 Å². The van der Waals surface area contributed by atoms with Gasteiger partial charge in [-0.2, -0.15) is 0 Å². The molecule has 0 radical (unpaired) electrons. The van der Waals surface area contributed by atoms with Crippen LogP contribution in [0.1, 0.15) is 10.4 Å². The summed E-state index contributed by atoms with van der Waals surface area (Å²) in [5.74, 6) is -1.63. The number of hydrogen-bond acceptors (Lipinski definition) is 6. The molecule has 0 bridgehead atoms. The van der Waals surface area contributed by atoms with E-state index in [9.17, 15) is 30.1 Å². The number of hydrogen-bond donors (Lipinski definition) is 2. The predicted molar refractivity (Wildman–Crippen MR) is 80.8 cm³/mol. The molecule has 2 N–H and O–H groups in total. The van der Waals surface area contributed by atoms with Crippen LogP contribution < -0.4 is 5.32 Å². The number of benzene rings is 2. The summed E-state index contributed by atoms with van der Waals surface area (Å²) in [5.41, 5.74) is -1.14. The second-order valence-corrected chi connectivity index (χ2v) is 4.71. The molecular weight excluding hydrogens is 330 g/mol. The fraction of sp³-hybridized carbons (Fsp3) is 0. The van der Waals surface area contributed by atoms with Gasteiger partial charge in [-0.15, -0.1) is 0 Å². The normalized spacial score (nSPS) is 10.1. The van der Waals surface area contributed by atoms with E-state index in [4.69, 9.17) is 11.6 Å². The number of para-hydroxylation sites is 1. The van der Waals surface area contributed by atoms with Gasteiger partial charge in [0.1, 0.15) is 0 Å². The molecule has 2 rings (SSSR count). The van der Waals surface area contributed by atoms with Crippen LogP contribution in [0.15, 0.2) is 36.4 Å². The standard InChI is InChI=1S/C13H8ClN3O6/c14-9-6-7(16(20)21)4-5-10(9)15-13(19)8-2-1-3-11(12(8)18)17(22)23/h1-6,18H,(H,15,19). The third-order valence-corrected chi connectivity index (χ3v) is 3.18. The molecule has 0 spiro atoms. The van der Waals surface area contributed by atoms with Crippen molar-refractivity contribution in [1.29, 1.82) is 0 Å². The van der Waals surface area contributed by atoms with Gasteiger partial charge >= 0.3 is 5.69 Å². The Morgan fingerprint density at radius 3 is 2.39 bits per heavy atom. The van der Waals surface area contributed by atoms with E-state index in [0.717, 1.165) is 18.2 Å². The van der Waals surface area contributed by atoms with Crippen molar-refractivity contribution in [3.05, 3.63) is 67.2 Å². The molecule has 0 unspecified atom stereocenters. The summed E-state index contributed by atoms with van der Waals surface area (Å²) >= 11 is 5.84. The Labute approximate surface area is 133 Å². The summed E-state index contributed by atoms with van der Waals surface area (Å²) in [5, 5.41) is 33.4. The Bertz CT molecular complexity index is 823. The molecule has 0 aromatic heterocycles. The topological polar surface area (TPSA) is 136 Å². The number of non-ortho nitro benzene ring substituents is 1. The van der Waals surface area contributed by atoms with E-state index >= 15 is 0 Å². The molecule has 9 nitrogen and oxygen atoms in total. The van der Waals surface area contributed by atoms with Crippen molar-refractivity contribution in [2.24, 2.45) is 0 Å². The largest absolute Gasteiger partial charge is 0.502 e. The van der Waals surface area contributed by atoms with Crippen molar-refractivity contribution in [3.63, 3.8) is 0 Å². The first-order chi connectivity index (χ1) is 10.8. The van der Waals surface area contributed by atoms with Crippen LogP contribution in [-0.2, 0) is 0 Å². The van der Waals surface area contributed by atoms with Crippen LogP contribution in [0.25, 0.3) is 0 Å². The highest BCUT2D eigenvalue weighted by molar-refractivity contribution is 6.34. The number of carbonyl (C=O) groups excluding carboxylic acids is 1. The van der Waals surface area contributed by atoms with Gasteiger partial charge in [0.15, 0.2) is 0 Å². The smallest absolute Gasteiger partial charge is 0.311 e. The number of anilines is 1. The molecular formula is C13H8ClN3O6. The molecule has 0 aliphatic heterocycles. The maximum Gasteiger partial charge on any atom is 0.311 e. The lowest BCUT2D eigenvalue weighted by molar-refractivity contribution is -0.385. The number of aromatic hydroxyl groups is 1. The highest BCUT2D eigenvalue weighted by atomic mass is 35.5. The second kappa shape index (κ2) is 6.28. The number of phenols is 1. The van der Waals surface area contributed by atoms with E-state index < -0.39 is 27.2 Å². The molecule has 0 saturated heterocycles. The molecule has 0 aliphatic rings. The Kier molecular flexibility index (Phi) is 4.42. The summed E-state index contributed by atoms with van der Waals surface area (Å²) in [6.07, 6.45) is 0. The molecule has 0 aliphatic carbocycles. The van der Waals surface area contributed by atoms with Crippen LogP contribution in [0.4, 0.5) is 17.1 Å². The van der Waals surface area contributed by atoms with Crippen LogP contribution in [0.2, 0.25) is 5.02 Å². The van der Waals surface area contributed by atoms with Gasteiger partial charge < -0.3 is 10.4 Å². The summed E-state index contributed by atoms with van der Waals surface area (Å²) in [4.78, 5) is 32.0. The van der Waals surface area contributed by atoms with Gasteiger partial charge in [-0.05, 0) is 12.1 Å². The highest BCUT2D eigenvalue weighted by Gasteiger charge is 2.21. The maximum absolute atomic E-state index is 12.1. The van der Waals surface area contributed by atoms with E-state index in [1.54, 1.807) is 0 Å². The molecule has 0 saturated carbocycles. The van der Waals surface area contributed by atoms with Crippen molar-refractivity contribution in [2.45, 2.75) is 0 Å². The van der Waals surface area contributed by atoms with Crippen molar-refractivity contribution in [2.75, 3.05) is 5.32 Å². The Morgan fingerprint density at radius 1 is 1.13 bits per heavy atom. The quantitative estimate of drug-likeness (QED) is 0.649. The predicted octanol–water partition coefficient (Wildman–Crippen LogP) is 3.11. The lowest BCUT2D eigenvalue weighted by Gasteiger charge is -2.08. The summed E-state index contributed by atoms with van der Waals surface area (Å²) in [6, 6.07) is 6.87. The lowest BCUT2D eigenvalue weighted by atomic mass is 10.1. The monoisotopic (exact) mass is 337 g/mol. The van der Waals surface area contributed by atoms with Crippen LogP contribution in [0, 0.1) is 20.2 Å². The van der Waals surface area contributed by atoms with Crippen LogP contribution in [0.5, 0.6) is 5.75 Å². The fourth-order valence-electron chi connectivity index (χ4n) is 1.77. The van der Waals surface area contributed by atoms with Crippen molar-refractivity contribution >= 4 is 34.6 Å². The third kappa shape index (κ3) is 3.35. The number of halogens is 1. The SMILES string of the molecule is O=C(Nc1ccc([N+](=O)[O-])cc1Cl)c1cccc([N+](=O)[O-])c1O. The van der Waals surface area contributed by atoms with E-state index in [0.29, 0.717) is 0 Å². The van der Waals surface area contributed by atoms with Crippen LogP contribution >= 0.6 is 11.6 Å². The summed E-state index contributed by atoms with van der Waals surface area (Å²) < 4.78 is 0. The van der Waals surface area contributed by atoms with Crippen LogP contribution in [0.3, 0.4) is 0 Å². The van der Waals surface area contributed by atoms with Gasteiger partial charge in [0.05, 0.1) is 26.1 Å². The molecule has 2 aromatic carbocycles. The summed E-state index contributed by atoms with van der Waals surface area (Å²) in [7, 11) is 0. The molecule has 0 fully saturated rings. The number of rotatable bonds is 4. The molecule has 10 heteroatoms. The number of nitrogens with zero attached hydrogens (tertiary/aromatic N) is 2. The zero-order chi connectivity index (χ0) is 17.1. The van der Waals surface area contributed by atoms with Crippen molar-refractivity contribution in [3.8, 4) is 5.75 Å². The number of carbonyl (C=O) groups is 1. The van der Waals surface area contributed by atoms with Gasteiger partial charge in [0, 0.05) is 18.2 Å². The number of nitrogens with one attached hydrogen (secondary N) is 1. The molecule has 2 aromatic rings. The zero-order valence-electron chi connectivity index (χ0n) is 11.2. The van der Waals surface area contributed by atoms with Gasteiger partial charge in [-0.25, -0.2) is 0 Å². The van der Waals surface area contributed by atoms with E-state index in [1.807, 2.05) is 0 Å².